The van der Waals surface area contributed by atoms with Gasteiger partial charge in [0.05, 0.1) is 19.1 Å². The number of benzene rings is 2. The molecule has 6 nitrogen and oxygen atoms in total. The SMILES string of the molecule is COc1cc2c(cc1OC)[C@@H](CCc1ccc([N+](=O)[O-])cc1)N(C)CC2. The average molecular weight is 356 g/mol. The lowest BCUT2D eigenvalue weighted by molar-refractivity contribution is -0.384. The third-order valence-electron chi connectivity index (χ3n) is 5.12. The van der Waals surface area contributed by atoms with Crippen molar-refractivity contribution in [2.24, 2.45) is 0 Å². The topological polar surface area (TPSA) is 64.8 Å². The number of nitro benzene ring substituents is 1. The summed E-state index contributed by atoms with van der Waals surface area (Å²) < 4.78 is 10.9. The van der Waals surface area contributed by atoms with E-state index in [2.05, 4.69) is 24.1 Å². The number of fused-ring (bicyclic) bond motifs is 1. The molecule has 0 radical (unpaired) electrons. The second-order valence-corrected chi connectivity index (χ2v) is 6.61. The van der Waals surface area contributed by atoms with Gasteiger partial charge < -0.3 is 9.47 Å². The quantitative estimate of drug-likeness (QED) is 0.582. The van der Waals surface area contributed by atoms with E-state index in [0.717, 1.165) is 42.9 Å². The van der Waals surface area contributed by atoms with Crippen molar-refractivity contribution < 1.29 is 14.4 Å². The molecule has 2 aromatic rings. The Morgan fingerprint density at radius 1 is 1.15 bits per heavy atom. The molecule has 1 atom stereocenters. The second kappa shape index (κ2) is 7.74. The predicted molar refractivity (Wildman–Crippen MR) is 100 cm³/mol. The lowest BCUT2D eigenvalue weighted by atomic mass is 9.89. The summed E-state index contributed by atoms with van der Waals surface area (Å²) in [7, 11) is 5.45. The molecule has 0 aliphatic carbocycles. The highest BCUT2D eigenvalue weighted by Crippen LogP contribution is 2.39. The minimum Gasteiger partial charge on any atom is -0.493 e. The van der Waals surface area contributed by atoms with Crippen molar-refractivity contribution >= 4 is 5.69 Å². The van der Waals surface area contributed by atoms with E-state index >= 15 is 0 Å². The van der Waals surface area contributed by atoms with Crippen molar-refractivity contribution in [2.45, 2.75) is 25.3 Å². The molecular weight excluding hydrogens is 332 g/mol. The zero-order valence-electron chi connectivity index (χ0n) is 15.4. The number of rotatable bonds is 6. The van der Waals surface area contributed by atoms with Crippen molar-refractivity contribution in [3.8, 4) is 11.5 Å². The van der Waals surface area contributed by atoms with Gasteiger partial charge in [0, 0.05) is 24.7 Å². The van der Waals surface area contributed by atoms with Crippen LogP contribution in [0.3, 0.4) is 0 Å². The van der Waals surface area contributed by atoms with E-state index in [1.807, 2.05) is 12.1 Å². The van der Waals surface area contributed by atoms with Gasteiger partial charge in [0.25, 0.3) is 5.69 Å². The summed E-state index contributed by atoms with van der Waals surface area (Å²) in [6.45, 7) is 0.993. The van der Waals surface area contributed by atoms with Crippen LogP contribution < -0.4 is 9.47 Å². The van der Waals surface area contributed by atoms with Crippen LogP contribution in [0.25, 0.3) is 0 Å². The van der Waals surface area contributed by atoms with Gasteiger partial charge in [-0.3, -0.25) is 15.0 Å². The predicted octanol–water partition coefficient (Wildman–Crippen LogP) is 3.77. The molecule has 0 saturated carbocycles. The van der Waals surface area contributed by atoms with Crippen LogP contribution in [-0.2, 0) is 12.8 Å². The number of hydrogen-bond donors (Lipinski definition) is 0. The molecule has 0 aromatic heterocycles. The number of ether oxygens (including phenoxy) is 2. The second-order valence-electron chi connectivity index (χ2n) is 6.61. The molecule has 0 unspecified atom stereocenters. The summed E-state index contributed by atoms with van der Waals surface area (Å²) in [5, 5.41) is 10.8. The smallest absolute Gasteiger partial charge is 0.269 e. The molecule has 138 valence electrons. The van der Waals surface area contributed by atoms with Crippen LogP contribution in [0.1, 0.15) is 29.2 Å². The van der Waals surface area contributed by atoms with Gasteiger partial charge >= 0.3 is 0 Å². The van der Waals surface area contributed by atoms with Gasteiger partial charge in [-0.05, 0) is 55.1 Å². The number of aryl methyl sites for hydroxylation is 1. The average Bonchev–Trinajstić information content (AvgIpc) is 2.66. The molecule has 0 saturated heterocycles. The standard InChI is InChI=1S/C20H24N2O4/c1-21-11-10-15-12-19(25-2)20(26-3)13-17(15)18(21)9-6-14-4-7-16(8-5-14)22(23)24/h4-5,7-8,12-13,18H,6,9-11H2,1-3H3/t18-/m1/s1. The van der Waals surface area contributed by atoms with Gasteiger partial charge in [-0.25, -0.2) is 0 Å². The van der Waals surface area contributed by atoms with Gasteiger partial charge in [0.15, 0.2) is 11.5 Å². The van der Waals surface area contributed by atoms with Crippen molar-refractivity contribution in [2.75, 3.05) is 27.8 Å². The van der Waals surface area contributed by atoms with Crippen LogP contribution in [-0.4, -0.2) is 37.6 Å². The highest BCUT2D eigenvalue weighted by molar-refractivity contribution is 5.49. The van der Waals surface area contributed by atoms with Gasteiger partial charge in [-0.15, -0.1) is 0 Å². The summed E-state index contributed by atoms with van der Waals surface area (Å²) in [6.07, 6.45) is 2.79. The Hall–Kier alpha value is -2.60. The Balaban J connectivity index is 1.80. The summed E-state index contributed by atoms with van der Waals surface area (Å²) >= 11 is 0. The van der Waals surface area contributed by atoms with E-state index in [1.165, 1.54) is 11.1 Å². The van der Waals surface area contributed by atoms with Gasteiger partial charge in [-0.2, -0.15) is 0 Å². The Kier molecular flexibility index (Phi) is 5.42. The van der Waals surface area contributed by atoms with Crippen LogP contribution in [0, 0.1) is 10.1 Å². The van der Waals surface area contributed by atoms with Crippen LogP contribution in [0.4, 0.5) is 5.69 Å². The van der Waals surface area contributed by atoms with Crippen molar-refractivity contribution in [3.05, 3.63) is 63.2 Å². The van der Waals surface area contributed by atoms with Gasteiger partial charge in [0.1, 0.15) is 0 Å². The summed E-state index contributed by atoms with van der Waals surface area (Å²) in [5.74, 6) is 1.52. The maximum Gasteiger partial charge on any atom is 0.269 e. The third kappa shape index (κ3) is 3.65. The number of hydrogen-bond acceptors (Lipinski definition) is 5. The molecule has 0 fully saturated rings. The van der Waals surface area contributed by atoms with Gasteiger partial charge in [0.2, 0.25) is 0 Å². The Morgan fingerprint density at radius 3 is 2.42 bits per heavy atom. The third-order valence-corrected chi connectivity index (χ3v) is 5.12. The minimum atomic E-state index is -0.366. The zero-order chi connectivity index (χ0) is 18.7. The maximum atomic E-state index is 10.8. The van der Waals surface area contributed by atoms with E-state index in [-0.39, 0.29) is 16.7 Å². The molecular formula is C20H24N2O4. The number of nitro groups is 1. The number of methoxy groups -OCH3 is 2. The fourth-order valence-corrected chi connectivity index (χ4v) is 3.62. The van der Waals surface area contributed by atoms with Crippen LogP contribution in [0.15, 0.2) is 36.4 Å². The lowest BCUT2D eigenvalue weighted by Crippen LogP contribution is -2.32. The van der Waals surface area contributed by atoms with E-state index in [0.29, 0.717) is 0 Å². The van der Waals surface area contributed by atoms with E-state index in [4.69, 9.17) is 9.47 Å². The number of nitrogens with zero attached hydrogens (tertiary/aromatic N) is 2. The highest BCUT2D eigenvalue weighted by Gasteiger charge is 2.26. The fourth-order valence-electron chi connectivity index (χ4n) is 3.62. The number of non-ortho nitro benzene ring substituents is 1. The molecule has 6 heteroatoms. The molecule has 1 aliphatic rings. The van der Waals surface area contributed by atoms with Crippen molar-refractivity contribution in [1.29, 1.82) is 0 Å². The molecule has 1 heterocycles. The van der Waals surface area contributed by atoms with E-state index in [9.17, 15) is 10.1 Å². The first kappa shape index (κ1) is 18.2. The van der Waals surface area contributed by atoms with E-state index < -0.39 is 0 Å². The summed E-state index contributed by atoms with van der Waals surface area (Å²) in [5.41, 5.74) is 3.81. The van der Waals surface area contributed by atoms with Crippen molar-refractivity contribution in [3.63, 3.8) is 0 Å². The summed E-state index contributed by atoms with van der Waals surface area (Å²) in [4.78, 5) is 12.8. The molecule has 0 bridgehead atoms. The first-order valence-corrected chi connectivity index (χ1v) is 8.72. The monoisotopic (exact) mass is 356 g/mol. The molecule has 3 rings (SSSR count). The molecule has 0 N–H and O–H groups in total. The molecule has 0 spiro atoms. The van der Waals surface area contributed by atoms with E-state index in [1.54, 1.807) is 26.4 Å². The fraction of sp³-hybridized carbons (Fsp3) is 0.400. The largest absolute Gasteiger partial charge is 0.493 e. The Bertz CT molecular complexity index is 789. The number of likely N-dealkylation sites (N-methyl/N-ethyl adjacent to an activating group) is 1. The molecule has 26 heavy (non-hydrogen) atoms. The van der Waals surface area contributed by atoms with Crippen LogP contribution in [0.5, 0.6) is 11.5 Å². The minimum absolute atomic E-state index is 0.130. The first-order valence-electron chi connectivity index (χ1n) is 8.72. The molecule has 1 aliphatic heterocycles. The molecule has 0 amide bonds. The van der Waals surface area contributed by atoms with Crippen LogP contribution >= 0.6 is 0 Å². The summed E-state index contributed by atoms with van der Waals surface area (Å²) in [6, 6.07) is 11.3. The van der Waals surface area contributed by atoms with Crippen molar-refractivity contribution in [1.82, 2.24) is 4.90 Å². The lowest BCUT2D eigenvalue weighted by Gasteiger charge is -2.35. The first-order chi connectivity index (χ1) is 12.5. The van der Waals surface area contributed by atoms with Crippen LogP contribution in [0.2, 0.25) is 0 Å². The van der Waals surface area contributed by atoms with Gasteiger partial charge in [-0.1, -0.05) is 12.1 Å². The highest BCUT2D eigenvalue weighted by atomic mass is 16.6. The Morgan fingerprint density at radius 2 is 1.81 bits per heavy atom. The molecule has 2 aromatic carbocycles. The zero-order valence-corrected chi connectivity index (χ0v) is 15.4. The normalized spacial score (nSPS) is 16.8. The Labute approximate surface area is 153 Å². The maximum absolute atomic E-state index is 10.8.